The van der Waals surface area contributed by atoms with Crippen molar-refractivity contribution >= 4 is 29.3 Å². The largest absolute Gasteiger partial charge is 0.451 e. The van der Waals surface area contributed by atoms with Gasteiger partial charge in [0, 0.05) is 18.5 Å². The van der Waals surface area contributed by atoms with E-state index < -0.39 is 0 Å². The summed E-state index contributed by atoms with van der Waals surface area (Å²) in [7, 11) is 0. The molecule has 2 aliphatic heterocycles. The topological polar surface area (TPSA) is 45.5 Å². The van der Waals surface area contributed by atoms with Crippen molar-refractivity contribution in [2.24, 2.45) is 5.41 Å². The van der Waals surface area contributed by atoms with E-state index in [9.17, 15) is 4.79 Å². The van der Waals surface area contributed by atoms with Crippen LogP contribution in [0.5, 0.6) is 0 Å². The van der Waals surface area contributed by atoms with Gasteiger partial charge in [-0.3, -0.25) is 4.79 Å². The number of furan rings is 1. The Morgan fingerprint density at radius 2 is 1.78 bits per heavy atom. The molecular weight excluding hydrogens is 312 g/mol. The Balaban J connectivity index is 0.00000156. The van der Waals surface area contributed by atoms with E-state index in [1.54, 1.807) is 0 Å². The molecule has 23 heavy (non-hydrogen) atoms. The second-order valence-electron chi connectivity index (χ2n) is 6.69. The minimum Gasteiger partial charge on any atom is -0.451 e. The summed E-state index contributed by atoms with van der Waals surface area (Å²) in [6.45, 7) is 3.96. The quantitative estimate of drug-likeness (QED) is 0.868. The molecule has 2 aliphatic rings. The summed E-state index contributed by atoms with van der Waals surface area (Å²) < 4.78 is 5.72. The summed E-state index contributed by atoms with van der Waals surface area (Å²) in [5.41, 5.74) is 1.26. The van der Waals surface area contributed by atoms with E-state index in [1.165, 1.54) is 12.8 Å². The number of rotatable bonds is 1. The van der Waals surface area contributed by atoms with Crippen LogP contribution in [0.4, 0.5) is 0 Å². The predicted octanol–water partition coefficient (Wildman–Crippen LogP) is 3.46. The van der Waals surface area contributed by atoms with Gasteiger partial charge in [0.2, 0.25) is 0 Å². The summed E-state index contributed by atoms with van der Waals surface area (Å²) in [5, 5.41) is 4.43. The third-order valence-corrected chi connectivity index (χ3v) is 5.41. The maximum absolute atomic E-state index is 12.7. The Bertz CT molecular complexity index is 648. The molecule has 1 N–H and O–H groups in total. The van der Waals surface area contributed by atoms with E-state index >= 15 is 0 Å². The normalized spacial score (nSPS) is 20.4. The van der Waals surface area contributed by atoms with Crippen molar-refractivity contribution in [3.63, 3.8) is 0 Å². The molecule has 0 unspecified atom stereocenters. The Hall–Kier alpha value is -1.52. The molecule has 0 aliphatic carbocycles. The van der Waals surface area contributed by atoms with Crippen molar-refractivity contribution in [2.75, 3.05) is 26.2 Å². The maximum atomic E-state index is 12.7. The first-order valence-corrected chi connectivity index (χ1v) is 8.24. The first-order chi connectivity index (χ1) is 10.8. The first kappa shape index (κ1) is 16.3. The fourth-order valence-electron chi connectivity index (χ4n) is 3.88. The van der Waals surface area contributed by atoms with Crippen LogP contribution >= 0.6 is 12.4 Å². The van der Waals surface area contributed by atoms with Gasteiger partial charge in [0.1, 0.15) is 5.58 Å². The molecule has 0 radical (unpaired) electrons. The van der Waals surface area contributed by atoms with Crippen LogP contribution in [-0.4, -0.2) is 37.0 Å². The van der Waals surface area contributed by atoms with Crippen molar-refractivity contribution in [1.82, 2.24) is 10.2 Å². The summed E-state index contributed by atoms with van der Waals surface area (Å²) in [6.07, 6.45) is 4.75. The number of piperidine rings is 2. The Kier molecular flexibility index (Phi) is 4.64. The number of hydrogen-bond acceptors (Lipinski definition) is 3. The Morgan fingerprint density at radius 3 is 2.48 bits per heavy atom. The zero-order valence-electron chi connectivity index (χ0n) is 13.2. The van der Waals surface area contributed by atoms with Gasteiger partial charge in [0.25, 0.3) is 5.91 Å². The predicted molar refractivity (Wildman–Crippen MR) is 93.1 cm³/mol. The average molecular weight is 335 g/mol. The van der Waals surface area contributed by atoms with Gasteiger partial charge in [-0.15, -0.1) is 12.4 Å². The van der Waals surface area contributed by atoms with Crippen molar-refractivity contribution in [1.29, 1.82) is 0 Å². The van der Waals surface area contributed by atoms with E-state index in [1.807, 2.05) is 35.2 Å². The number of halogens is 1. The van der Waals surface area contributed by atoms with E-state index in [4.69, 9.17) is 4.42 Å². The van der Waals surface area contributed by atoms with Gasteiger partial charge >= 0.3 is 0 Å². The number of carbonyl (C=O) groups excluding carboxylic acids is 1. The summed E-state index contributed by atoms with van der Waals surface area (Å²) >= 11 is 0. The minimum absolute atomic E-state index is 0. The zero-order valence-corrected chi connectivity index (χ0v) is 14.0. The second-order valence-corrected chi connectivity index (χ2v) is 6.69. The molecule has 0 bridgehead atoms. The minimum atomic E-state index is 0. The summed E-state index contributed by atoms with van der Waals surface area (Å²) in [5.74, 6) is 0.516. The molecule has 1 amide bonds. The molecule has 0 saturated carbocycles. The smallest absolute Gasteiger partial charge is 0.289 e. The summed E-state index contributed by atoms with van der Waals surface area (Å²) in [6, 6.07) is 9.66. The van der Waals surface area contributed by atoms with Crippen molar-refractivity contribution in [3.05, 3.63) is 36.1 Å². The van der Waals surface area contributed by atoms with Crippen LogP contribution in [0.3, 0.4) is 0 Å². The molecule has 1 aromatic carbocycles. The third-order valence-electron chi connectivity index (χ3n) is 5.41. The van der Waals surface area contributed by atoms with E-state index in [-0.39, 0.29) is 18.3 Å². The Morgan fingerprint density at radius 1 is 1.09 bits per heavy atom. The van der Waals surface area contributed by atoms with Crippen molar-refractivity contribution in [3.8, 4) is 0 Å². The number of nitrogens with zero attached hydrogens (tertiary/aromatic N) is 1. The molecule has 4 rings (SSSR count). The molecule has 4 nitrogen and oxygen atoms in total. The molecular formula is C18H23ClN2O2. The molecule has 2 saturated heterocycles. The average Bonchev–Trinajstić information content (AvgIpc) is 3.00. The van der Waals surface area contributed by atoms with E-state index in [2.05, 4.69) is 5.32 Å². The number of fused-ring (bicyclic) bond motifs is 1. The number of benzene rings is 1. The standard InChI is InChI=1S/C18H22N2O2.ClH/c21-17(16-13-14-3-1-2-4-15(14)22-16)20-11-7-18(8-12-20)5-9-19-10-6-18;/h1-4,13,19H,5-12H2;1H. The highest BCUT2D eigenvalue weighted by atomic mass is 35.5. The number of likely N-dealkylation sites (tertiary alicyclic amines) is 1. The monoisotopic (exact) mass is 334 g/mol. The van der Waals surface area contributed by atoms with Gasteiger partial charge in [-0.05, 0) is 56.3 Å². The lowest BCUT2D eigenvalue weighted by molar-refractivity contribution is 0.0471. The van der Waals surface area contributed by atoms with Gasteiger partial charge in [0.05, 0.1) is 0 Å². The third kappa shape index (κ3) is 3.10. The molecule has 2 fully saturated rings. The van der Waals surface area contributed by atoms with Crippen LogP contribution < -0.4 is 5.32 Å². The van der Waals surface area contributed by atoms with E-state index in [0.717, 1.165) is 50.0 Å². The number of hydrogen-bond donors (Lipinski definition) is 1. The molecule has 3 heterocycles. The van der Waals surface area contributed by atoms with Gasteiger partial charge in [-0.1, -0.05) is 18.2 Å². The van der Waals surface area contributed by atoms with Gasteiger partial charge < -0.3 is 14.6 Å². The van der Waals surface area contributed by atoms with Crippen LogP contribution in [0, 0.1) is 5.41 Å². The van der Waals surface area contributed by atoms with Crippen molar-refractivity contribution < 1.29 is 9.21 Å². The fraction of sp³-hybridized carbons (Fsp3) is 0.500. The molecule has 5 heteroatoms. The maximum Gasteiger partial charge on any atom is 0.289 e. The van der Waals surface area contributed by atoms with Gasteiger partial charge in [-0.25, -0.2) is 0 Å². The van der Waals surface area contributed by atoms with Gasteiger partial charge in [-0.2, -0.15) is 0 Å². The highest BCUT2D eigenvalue weighted by Crippen LogP contribution is 2.39. The number of nitrogens with one attached hydrogen (secondary N) is 1. The molecule has 124 valence electrons. The molecule has 0 atom stereocenters. The molecule has 2 aromatic rings. The van der Waals surface area contributed by atoms with Crippen LogP contribution in [0.1, 0.15) is 36.2 Å². The summed E-state index contributed by atoms with van der Waals surface area (Å²) in [4.78, 5) is 14.6. The van der Waals surface area contributed by atoms with Crippen LogP contribution in [-0.2, 0) is 0 Å². The lowest BCUT2D eigenvalue weighted by atomic mass is 9.71. The van der Waals surface area contributed by atoms with Crippen LogP contribution in [0.2, 0.25) is 0 Å². The number of amides is 1. The zero-order chi connectivity index (χ0) is 15.0. The SMILES string of the molecule is Cl.O=C(c1cc2ccccc2o1)N1CCC2(CCNCC2)CC1. The number of para-hydroxylation sites is 1. The van der Waals surface area contributed by atoms with Crippen molar-refractivity contribution in [2.45, 2.75) is 25.7 Å². The highest BCUT2D eigenvalue weighted by Gasteiger charge is 2.37. The Labute approximate surface area is 142 Å². The van der Waals surface area contributed by atoms with E-state index in [0.29, 0.717) is 11.2 Å². The lowest BCUT2D eigenvalue weighted by Crippen LogP contribution is -2.47. The van der Waals surface area contributed by atoms with Gasteiger partial charge in [0.15, 0.2) is 5.76 Å². The molecule has 1 aromatic heterocycles. The van der Waals surface area contributed by atoms with Crippen LogP contribution in [0.15, 0.2) is 34.7 Å². The van der Waals surface area contributed by atoms with Crippen LogP contribution in [0.25, 0.3) is 11.0 Å². The molecule has 1 spiro atoms. The fourth-order valence-corrected chi connectivity index (χ4v) is 3.88. The number of carbonyl (C=O) groups is 1. The second kappa shape index (κ2) is 6.54. The lowest BCUT2D eigenvalue weighted by Gasteiger charge is -2.44. The highest BCUT2D eigenvalue weighted by molar-refractivity contribution is 5.96. The first-order valence-electron chi connectivity index (χ1n) is 8.24.